The van der Waals surface area contributed by atoms with Crippen LogP contribution in [0.2, 0.25) is 0 Å². The minimum atomic E-state index is -2.55. The smallest absolute Gasteiger partial charge is 0.264 e. The summed E-state index contributed by atoms with van der Waals surface area (Å²) in [5.74, 6) is -1.22. The number of fused-ring (bicyclic) bond motifs is 2. The number of methoxy groups -OCH3 is 1. The second kappa shape index (κ2) is 24.8. The van der Waals surface area contributed by atoms with Gasteiger partial charge in [0.2, 0.25) is 17.7 Å². The molecule has 8 rings (SSSR count). The molecule has 4 aliphatic heterocycles. The number of halogens is 2. The summed E-state index contributed by atoms with van der Waals surface area (Å²) in [6.45, 7) is 6.05. The third kappa shape index (κ3) is 13.7. The number of unbranched alkanes of at least 4 members (excludes halogenated alkanes) is 5. The van der Waals surface area contributed by atoms with Gasteiger partial charge >= 0.3 is 0 Å². The van der Waals surface area contributed by atoms with E-state index in [-0.39, 0.29) is 48.8 Å². The lowest BCUT2D eigenvalue weighted by Gasteiger charge is -2.33. The molecule has 1 aromatic heterocycles. The Bertz CT molecular complexity index is 2350. The molecule has 71 heavy (non-hydrogen) atoms. The zero-order valence-electron chi connectivity index (χ0n) is 41.5. The zero-order valence-corrected chi connectivity index (χ0v) is 41.5. The van der Waals surface area contributed by atoms with Crippen LogP contribution in [-0.4, -0.2) is 138 Å². The highest BCUT2D eigenvalue weighted by atomic mass is 19.3. The van der Waals surface area contributed by atoms with Crippen molar-refractivity contribution in [3.63, 3.8) is 0 Å². The van der Waals surface area contributed by atoms with Crippen LogP contribution in [0.3, 0.4) is 0 Å². The lowest BCUT2D eigenvalue weighted by atomic mass is 9.88. The number of rotatable bonds is 24. The van der Waals surface area contributed by atoms with E-state index in [4.69, 9.17) is 19.4 Å². The number of hydrogen-bond acceptors (Lipinski definition) is 13. The summed E-state index contributed by atoms with van der Waals surface area (Å²) in [5, 5.41) is 13.3. The lowest BCUT2D eigenvalue weighted by Crippen LogP contribution is -2.54. The van der Waals surface area contributed by atoms with Gasteiger partial charge in [0.25, 0.3) is 17.7 Å². The number of benzene rings is 2. The number of piperidine rings is 3. The van der Waals surface area contributed by atoms with E-state index in [0.717, 1.165) is 124 Å². The first-order valence-corrected chi connectivity index (χ1v) is 26.4. The molecule has 3 aromatic rings. The van der Waals surface area contributed by atoms with Gasteiger partial charge in [-0.05, 0) is 82.5 Å². The predicted molar refractivity (Wildman–Crippen MR) is 267 cm³/mol. The average molecular weight is 986 g/mol. The van der Waals surface area contributed by atoms with Gasteiger partial charge in [0.05, 0.1) is 30.4 Å². The number of anilines is 2. The van der Waals surface area contributed by atoms with E-state index < -0.39 is 35.6 Å². The summed E-state index contributed by atoms with van der Waals surface area (Å²) in [6, 6.07) is 8.29. The number of nitrogens with one attached hydrogen (secondary N) is 4. The van der Waals surface area contributed by atoms with Gasteiger partial charge in [-0.2, -0.15) is 0 Å². The van der Waals surface area contributed by atoms with Crippen molar-refractivity contribution in [2.45, 2.75) is 152 Å². The van der Waals surface area contributed by atoms with E-state index in [0.29, 0.717) is 68.9 Å². The number of alkyl halides is 2. The molecule has 5 amide bonds. The Morgan fingerprint density at radius 1 is 0.803 bits per heavy atom. The highest BCUT2D eigenvalue weighted by Gasteiger charge is 2.45. The number of carbonyl (C=O) groups excluding carboxylic acids is 5. The number of hydrogen-bond donors (Lipinski definition) is 4. The third-order valence-electron chi connectivity index (χ3n) is 14.9. The highest BCUT2D eigenvalue weighted by molar-refractivity contribution is 6.25. The fourth-order valence-electron chi connectivity index (χ4n) is 10.8. The highest BCUT2D eigenvalue weighted by Crippen LogP contribution is 2.39. The van der Waals surface area contributed by atoms with Crippen LogP contribution in [0, 0.1) is 0 Å². The number of imide groups is 2. The Morgan fingerprint density at radius 3 is 2.27 bits per heavy atom. The van der Waals surface area contributed by atoms with Crippen molar-refractivity contribution >= 4 is 51.9 Å². The molecule has 2 aromatic carbocycles. The molecule has 4 fully saturated rings. The number of amides is 5. The number of ether oxygens (including phenoxy) is 2. The van der Waals surface area contributed by atoms with E-state index in [1.807, 2.05) is 12.1 Å². The molecule has 18 heteroatoms. The van der Waals surface area contributed by atoms with Gasteiger partial charge in [-0.1, -0.05) is 51.0 Å². The molecule has 0 radical (unpaired) electrons. The number of aromatic nitrogens is 2. The minimum absolute atomic E-state index is 0.0799. The van der Waals surface area contributed by atoms with Gasteiger partial charge < -0.3 is 35.2 Å². The van der Waals surface area contributed by atoms with Gasteiger partial charge in [0, 0.05) is 101 Å². The third-order valence-corrected chi connectivity index (χ3v) is 14.9. The van der Waals surface area contributed by atoms with Gasteiger partial charge in [-0.25, -0.2) is 18.7 Å². The molecule has 1 saturated carbocycles. The first kappa shape index (κ1) is 51.9. The molecular formula is C53H73F2N9O7. The quantitative estimate of drug-likeness (QED) is 0.0503. The zero-order chi connectivity index (χ0) is 49.7. The summed E-state index contributed by atoms with van der Waals surface area (Å²) in [7, 11) is 1.64. The van der Waals surface area contributed by atoms with Gasteiger partial charge in [-0.3, -0.25) is 34.2 Å². The first-order valence-electron chi connectivity index (χ1n) is 26.4. The summed E-state index contributed by atoms with van der Waals surface area (Å²) >= 11 is 0. The Labute approximate surface area is 416 Å². The van der Waals surface area contributed by atoms with Crippen LogP contribution in [0.1, 0.15) is 161 Å². The van der Waals surface area contributed by atoms with E-state index in [1.165, 1.54) is 19.3 Å². The van der Waals surface area contributed by atoms with Crippen molar-refractivity contribution in [1.82, 2.24) is 35.3 Å². The Hall–Kier alpha value is -5.49. The molecular weight excluding hydrogens is 913 g/mol. The standard InChI is InChI=1S/C53H73F2N9O7/c1-70-43-34-39-41(35-44(43)71-33-13-28-63-31-23-53(54,55)24-32-63)59-48(36-14-7-6-8-15-36)61-49(39)58-37-21-29-62(30-22-37)27-12-18-45(65)57-26-10-5-3-2-4-9-25-56-40-17-11-16-38-47(40)52(69)64(51(38)68)42-19-20-46(66)60-50(42)67/h11,16-17,34-37,42,56H,2-10,12-15,18-33H2,1H3,(H,57,65)(H,58,59,61)(H,60,66,67). The Morgan fingerprint density at radius 2 is 1.52 bits per heavy atom. The van der Waals surface area contributed by atoms with Crippen molar-refractivity contribution < 1.29 is 42.2 Å². The molecule has 16 nitrogen and oxygen atoms in total. The fourth-order valence-corrected chi connectivity index (χ4v) is 10.8. The maximum absolute atomic E-state index is 13.6. The molecule has 4 N–H and O–H groups in total. The lowest BCUT2D eigenvalue weighted by molar-refractivity contribution is -0.136. The normalized spacial score (nSPS) is 20.3. The topological polar surface area (TPSA) is 187 Å². The number of likely N-dealkylation sites (tertiary alicyclic amines) is 2. The molecule has 0 bridgehead atoms. The number of nitrogens with zero attached hydrogens (tertiary/aromatic N) is 5. The maximum atomic E-state index is 13.6. The van der Waals surface area contributed by atoms with Crippen LogP contribution in [-0.2, 0) is 14.4 Å². The minimum Gasteiger partial charge on any atom is -0.493 e. The summed E-state index contributed by atoms with van der Waals surface area (Å²) in [4.78, 5) is 79.0. The fraction of sp³-hybridized carbons (Fsp3) is 0.642. The van der Waals surface area contributed by atoms with Gasteiger partial charge in [0.1, 0.15) is 17.7 Å². The summed E-state index contributed by atoms with van der Waals surface area (Å²) < 4.78 is 39.3. The Kier molecular flexibility index (Phi) is 18.1. The molecule has 0 spiro atoms. The molecule has 3 saturated heterocycles. The molecule has 1 unspecified atom stereocenters. The van der Waals surface area contributed by atoms with Crippen molar-refractivity contribution in [3.8, 4) is 11.5 Å². The second-order valence-electron chi connectivity index (χ2n) is 20.1. The van der Waals surface area contributed by atoms with Crippen LogP contribution in [0.15, 0.2) is 30.3 Å². The van der Waals surface area contributed by atoms with Crippen LogP contribution < -0.4 is 30.7 Å². The number of carbonyl (C=O) groups is 5. The van der Waals surface area contributed by atoms with Crippen LogP contribution in [0.4, 0.5) is 20.3 Å². The first-order chi connectivity index (χ1) is 34.5. The van der Waals surface area contributed by atoms with Crippen molar-refractivity contribution in [2.24, 2.45) is 0 Å². The van der Waals surface area contributed by atoms with E-state index >= 15 is 0 Å². The van der Waals surface area contributed by atoms with Crippen molar-refractivity contribution in [1.29, 1.82) is 0 Å². The molecule has 1 aliphatic carbocycles. The summed E-state index contributed by atoms with van der Waals surface area (Å²) in [5.41, 5.74) is 1.94. The summed E-state index contributed by atoms with van der Waals surface area (Å²) in [6.07, 6.45) is 15.7. The van der Waals surface area contributed by atoms with Crippen LogP contribution >= 0.6 is 0 Å². The predicted octanol–water partition coefficient (Wildman–Crippen LogP) is 7.81. The average Bonchev–Trinajstić information content (AvgIpc) is 3.62. The van der Waals surface area contributed by atoms with Gasteiger partial charge in [-0.15, -0.1) is 0 Å². The monoisotopic (exact) mass is 986 g/mol. The van der Waals surface area contributed by atoms with E-state index in [9.17, 15) is 32.8 Å². The second-order valence-corrected chi connectivity index (χ2v) is 20.1. The molecule has 1 atom stereocenters. The van der Waals surface area contributed by atoms with Crippen LogP contribution in [0.25, 0.3) is 10.9 Å². The Balaban J connectivity index is 0.701. The van der Waals surface area contributed by atoms with E-state index in [1.54, 1.807) is 25.3 Å². The molecule has 5 heterocycles. The molecule has 386 valence electrons. The van der Waals surface area contributed by atoms with E-state index in [2.05, 4.69) is 31.1 Å². The van der Waals surface area contributed by atoms with Crippen molar-refractivity contribution in [3.05, 3.63) is 47.3 Å². The van der Waals surface area contributed by atoms with Crippen LogP contribution in [0.5, 0.6) is 11.5 Å². The van der Waals surface area contributed by atoms with Gasteiger partial charge in [0.15, 0.2) is 11.5 Å². The SMILES string of the molecule is COc1cc2c(NC3CCN(CCCC(=O)NCCCCCCCCNc4cccc5c4C(=O)N(C4CCC(=O)NC4=O)C5=O)CC3)nc(C3CCCCC3)nc2cc1OCCCN1CCC(F)(F)CC1. The maximum Gasteiger partial charge on any atom is 0.264 e. The largest absolute Gasteiger partial charge is 0.493 e. The molecule has 5 aliphatic rings. The van der Waals surface area contributed by atoms with Crippen molar-refractivity contribution in [2.75, 3.05) is 76.7 Å².